The van der Waals surface area contributed by atoms with Gasteiger partial charge in [0.15, 0.2) is 0 Å². The number of piperazine rings is 1. The highest BCUT2D eigenvalue weighted by Gasteiger charge is 2.53. The minimum atomic E-state index is -0.404. The summed E-state index contributed by atoms with van der Waals surface area (Å²) < 4.78 is 0. The van der Waals surface area contributed by atoms with Gasteiger partial charge in [0.25, 0.3) is 0 Å². The molecule has 5 rings (SSSR count). The summed E-state index contributed by atoms with van der Waals surface area (Å²) in [5, 5.41) is 3.64. The first-order valence-electron chi connectivity index (χ1n) is 16.1. The average molecular weight is 686 g/mol. The number of nitrogens with zero attached hydrogens (tertiary/aromatic N) is 2. The van der Waals surface area contributed by atoms with E-state index in [0.29, 0.717) is 0 Å². The Balaban J connectivity index is 0.00000245. The van der Waals surface area contributed by atoms with Crippen LogP contribution in [0.2, 0.25) is 0 Å². The Bertz CT molecular complexity index is 1470. The van der Waals surface area contributed by atoms with E-state index in [2.05, 4.69) is 156 Å². The summed E-state index contributed by atoms with van der Waals surface area (Å²) in [4.78, 5) is 12.1. The maximum absolute atomic E-state index is 5.59. The van der Waals surface area contributed by atoms with Crippen LogP contribution in [-0.4, -0.2) is 41.0 Å². The molecule has 0 spiro atoms. The second kappa shape index (κ2) is 15.7. The Morgan fingerprint density at radius 3 is 1.59 bits per heavy atom. The Kier molecular flexibility index (Phi) is 13.6. The highest BCUT2D eigenvalue weighted by molar-refractivity contribution is 5.86. The third-order valence-electron chi connectivity index (χ3n) is 9.43. The molecule has 1 fully saturated rings. The van der Waals surface area contributed by atoms with Crippen LogP contribution in [0.4, 0.5) is 0 Å². The second-order valence-electron chi connectivity index (χ2n) is 14.7. The second-order valence-corrected chi connectivity index (χ2v) is 14.7. The number of aromatic amines is 1. The van der Waals surface area contributed by atoms with Gasteiger partial charge in [0, 0.05) is 43.4 Å². The van der Waals surface area contributed by atoms with Gasteiger partial charge in [0.1, 0.15) is 5.82 Å². The molecule has 4 nitrogen and oxygen atoms in total. The van der Waals surface area contributed by atoms with Crippen molar-refractivity contribution in [3.8, 4) is 11.4 Å². The number of imidazole rings is 1. The molecule has 46 heavy (non-hydrogen) atoms. The van der Waals surface area contributed by atoms with Gasteiger partial charge < -0.3 is 10.3 Å². The molecule has 1 aromatic heterocycles. The molecule has 7 heteroatoms. The summed E-state index contributed by atoms with van der Waals surface area (Å²) in [5.74, 6) is 1.27. The number of nitrogens with one attached hydrogen (secondary N) is 2. The lowest BCUT2D eigenvalue weighted by molar-refractivity contribution is 0.0101. The fraction of sp³-hybridized carbons (Fsp3) is 0.462. The van der Waals surface area contributed by atoms with Crippen molar-refractivity contribution in [3.05, 3.63) is 113 Å². The highest BCUT2D eigenvalue weighted by atomic mass is 35.5. The number of halogens is 3. The molecular weight excluding hydrogens is 631 g/mol. The third-order valence-corrected chi connectivity index (χ3v) is 9.43. The van der Waals surface area contributed by atoms with Crippen LogP contribution in [0, 0.1) is 12.8 Å². The predicted molar refractivity (Wildman–Crippen MR) is 204 cm³/mol. The van der Waals surface area contributed by atoms with Crippen molar-refractivity contribution in [2.45, 2.75) is 84.6 Å². The van der Waals surface area contributed by atoms with E-state index in [1.54, 1.807) is 0 Å². The maximum Gasteiger partial charge on any atom is 0.137 e. The SMILES string of the molecule is Cc1[nH]c(-c2ccccc2)nc1C(C(C)C)(C(c1ccccc1C(C)(C)C)c1ccccc1C(C)(C)C)N1CCNCC1.Cl.Cl.Cl. The maximum atomic E-state index is 5.59. The number of hydrogen-bond donors (Lipinski definition) is 2. The molecule has 252 valence electrons. The molecule has 0 aliphatic carbocycles. The Morgan fingerprint density at radius 2 is 1.13 bits per heavy atom. The third kappa shape index (κ3) is 7.53. The van der Waals surface area contributed by atoms with Crippen LogP contribution in [0.1, 0.15) is 94.9 Å². The van der Waals surface area contributed by atoms with Gasteiger partial charge in [-0.05, 0) is 45.9 Å². The molecule has 1 atom stereocenters. The van der Waals surface area contributed by atoms with Crippen LogP contribution < -0.4 is 5.32 Å². The van der Waals surface area contributed by atoms with Crippen LogP contribution in [0.15, 0.2) is 78.9 Å². The molecule has 0 saturated carbocycles. The quantitative estimate of drug-likeness (QED) is 0.204. The first-order chi connectivity index (χ1) is 20.4. The van der Waals surface area contributed by atoms with Gasteiger partial charge in [-0.25, -0.2) is 4.98 Å². The van der Waals surface area contributed by atoms with Crippen molar-refractivity contribution in [1.82, 2.24) is 20.2 Å². The zero-order chi connectivity index (χ0) is 31.0. The minimum absolute atomic E-state index is 0. The van der Waals surface area contributed by atoms with E-state index in [1.807, 2.05) is 0 Å². The topological polar surface area (TPSA) is 44.0 Å². The zero-order valence-corrected chi connectivity index (χ0v) is 31.6. The fourth-order valence-corrected chi connectivity index (χ4v) is 7.56. The van der Waals surface area contributed by atoms with E-state index in [1.165, 1.54) is 27.9 Å². The number of hydrogen-bond acceptors (Lipinski definition) is 3. The van der Waals surface area contributed by atoms with E-state index in [0.717, 1.165) is 43.3 Å². The number of rotatable bonds is 7. The van der Waals surface area contributed by atoms with Gasteiger partial charge in [-0.2, -0.15) is 0 Å². The number of benzene rings is 3. The molecule has 1 aliphatic rings. The van der Waals surface area contributed by atoms with Gasteiger partial charge in [-0.15, -0.1) is 37.2 Å². The van der Waals surface area contributed by atoms with E-state index < -0.39 is 5.54 Å². The lowest BCUT2D eigenvalue weighted by atomic mass is 9.61. The molecule has 0 amide bonds. The van der Waals surface area contributed by atoms with E-state index in [9.17, 15) is 0 Å². The van der Waals surface area contributed by atoms with Crippen LogP contribution in [0.5, 0.6) is 0 Å². The van der Waals surface area contributed by atoms with Gasteiger partial charge in [0.2, 0.25) is 0 Å². The molecule has 4 aromatic rings. The van der Waals surface area contributed by atoms with Gasteiger partial charge in [-0.1, -0.05) is 134 Å². The lowest BCUT2D eigenvalue weighted by Gasteiger charge is -2.54. The number of H-pyrrole nitrogens is 1. The monoisotopic (exact) mass is 684 g/mol. The summed E-state index contributed by atoms with van der Waals surface area (Å²) in [6.07, 6.45) is 0. The van der Waals surface area contributed by atoms with Crippen molar-refractivity contribution in [1.29, 1.82) is 0 Å². The highest BCUT2D eigenvalue weighted by Crippen LogP contribution is 2.54. The van der Waals surface area contributed by atoms with Crippen molar-refractivity contribution < 1.29 is 0 Å². The molecule has 2 heterocycles. The molecule has 0 bridgehead atoms. The van der Waals surface area contributed by atoms with Crippen LogP contribution in [0.25, 0.3) is 11.4 Å². The Morgan fingerprint density at radius 1 is 0.674 bits per heavy atom. The molecule has 0 radical (unpaired) electrons. The summed E-state index contributed by atoms with van der Waals surface area (Å²) in [7, 11) is 0. The molecule has 2 N–H and O–H groups in total. The fourth-order valence-electron chi connectivity index (χ4n) is 7.56. The Hall–Kier alpha value is -2.34. The smallest absolute Gasteiger partial charge is 0.137 e. The van der Waals surface area contributed by atoms with Crippen LogP contribution in [0.3, 0.4) is 0 Å². The first-order valence-corrected chi connectivity index (χ1v) is 16.1. The lowest BCUT2D eigenvalue weighted by Crippen LogP contribution is -2.60. The standard InChI is InChI=1S/C39H52N4.3ClH/c1-27(2)39(43-25-23-40-24-26-43,35-28(3)41-36(42-35)29-17-11-10-12-18-29)34(30-19-13-15-21-32(30)37(4,5)6)31-20-14-16-22-33(31)38(7,8)9;;;/h10-22,27,34,40H,23-26H2,1-9H3,(H,41,42);3*1H. The molecule has 1 unspecified atom stereocenters. The predicted octanol–water partition coefficient (Wildman–Crippen LogP) is 9.83. The summed E-state index contributed by atoms with van der Waals surface area (Å²) in [5.41, 5.74) is 8.61. The van der Waals surface area contributed by atoms with E-state index in [-0.39, 0.29) is 59.9 Å². The van der Waals surface area contributed by atoms with Crippen molar-refractivity contribution in [2.75, 3.05) is 26.2 Å². The molecule has 1 aliphatic heterocycles. The number of aryl methyl sites for hydroxylation is 1. The normalized spacial score (nSPS) is 15.5. The van der Waals surface area contributed by atoms with Gasteiger partial charge in [0.05, 0.1) is 11.2 Å². The summed E-state index contributed by atoms with van der Waals surface area (Å²) in [6, 6.07) is 29.0. The van der Waals surface area contributed by atoms with Crippen molar-refractivity contribution in [3.63, 3.8) is 0 Å². The van der Waals surface area contributed by atoms with Crippen LogP contribution >= 0.6 is 37.2 Å². The van der Waals surface area contributed by atoms with Gasteiger partial charge in [-0.3, -0.25) is 4.90 Å². The first kappa shape index (κ1) is 39.8. The van der Waals surface area contributed by atoms with Crippen molar-refractivity contribution in [2.24, 2.45) is 5.92 Å². The minimum Gasteiger partial charge on any atom is -0.342 e. The van der Waals surface area contributed by atoms with Gasteiger partial charge >= 0.3 is 0 Å². The van der Waals surface area contributed by atoms with E-state index in [4.69, 9.17) is 4.98 Å². The Labute approximate surface area is 296 Å². The molecular formula is C39H55Cl3N4. The molecule has 3 aromatic carbocycles. The zero-order valence-electron chi connectivity index (χ0n) is 29.1. The number of aromatic nitrogens is 2. The molecule has 1 saturated heterocycles. The van der Waals surface area contributed by atoms with Crippen LogP contribution in [-0.2, 0) is 16.4 Å². The summed E-state index contributed by atoms with van der Waals surface area (Å²) in [6.45, 7) is 25.1. The largest absolute Gasteiger partial charge is 0.342 e. The van der Waals surface area contributed by atoms with Crippen molar-refractivity contribution >= 4 is 37.2 Å². The van der Waals surface area contributed by atoms with E-state index >= 15 is 0 Å². The summed E-state index contributed by atoms with van der Waals surface area (Å²) >= 11 is 0. The average Bonchev–Trinajstić information content (AvgIpc) is 3.37.